The molecule has 0 aliphatic heterocycles. The van der Waals surface area contributed by atoms with Crippen molar-refractivity contribution in [2.45, 2.75) is 19.8 Å². The molecule has 0 radical (unpaired) electrons. The zero-order valence-corrected chi connectivity index (χ0v) is 10.3. The Labute approximate surface area is 103 Å². The van der Waals surface area contributed by atoms with Gasteiger partial charge in [0.1, 0.15) is 0 Å². The molecule has 0 aliphatic carbocycles. The zero-order chi connectivity index (χ0) is 12.0. The maximum atomic E-state index is 6.18. The van der Waals surface area contributed by atoms with Crippen LogP contribution in [0, 0.1) is 0 Å². The zero-order valence-electron chi connectivity index (χ0n) is 9.55. The molecule has 0 saturated carbocycles. The summed E-state index contributed by atoms with van der Waals surface area (Å²) >= 11 is 6.18. The molecule has 86 valence electrons. The van der Waals surface area contributed by atoms with Crippen molar-refractivity contribution < 1.29 is 0 Å². The molecule has 0 bridgehead atoms. The van der Waals surface area contributed by atoms with Gasteiger partial charge in [0.15, 0.2) is 16.6 Å². The Balaban J connectivity index is 2.50. The summed E-state index contributed by atoms with van der Waals surface area (Å²) in [5.74, 6) is 1.09. The molecular formula is C12H11ClN4. The van der Waals surface area contributed by atoms with Crippen molar-refractivity contribution in [2.75, 3.05) is 0 Å². The van der Waals surface area contributed by atoms with Crippen LogP contribution in [-0.4, -0.2) is 19.8 Å². The van der Waals surface area contributed by atoms with Gasteiger partial charge in [0, 0.05) is 16.7 Å². The van der Waals surface area contributed by atoms with Gasteiger partial charge in [-0.15, -0.1) is 10.2 Å². The van der Waals surface area contributed by atoms with Gasteiger partial charge in [-0.2, -0.15) is 9.61 Å². The van der Waals surface area contributed by atoms with Crippen LogP contribution in [0.25, 0.3) is 16.4 Å². The van der Waals surface area contributed by atoms with Crippen LogP contribution in [0.2, 0.25) is 5.15 Å². The summed E-state index contributed by atoms with van der Waals surface area (Å²) in [4.78, 5) is 0. The van der Waals surface area contributed by atoms with E-state index in [1.807, 2.05) is 24.3 Å². The lowest BCUT2D eigenvalue weighted by Gasteiger charge is -2.04. The molecule has 4 nitrogen and oxygen atoms in total. The third kappa shape index (κ3) is 1.48. The fourth-order valence-corrected chi connectivity index (χ4v) is 2.16. The molecule has 2 heterocycles. The van der Waals surface area contributed by atoms with Crippen molar-refractivity contribution in [1.82, 2.24) is 19.8 Å². The first kappa shape index (κ1) is 10.5. The summed E-state index contributed by atoms with van der Waals surface area (Å²) in [6, 6.07) is 7.82. The van der Waals surface area contributed by atoms with Crippen LogP contribution in [-0.2, 0) is 0 Å². The quantitative estimate of drug-likeness (QED) is 0.663. The fourth-order valence-electron chi connectivity index (χ4n) is 1.92. The molecule has 0 N–H and O–H groups in total. The van der Waals surface area contributed by atoms with E-state index in [9.17, 15) is 0 Å². The first-order valence-electron chi connectivity index (χ1n) is 5.48. The standard InChI is InChI=1S/C12H11ClN4/c1-7(2)11-14-15-12-9-6-4-3-5-8(9)10(13)16-17(11)12/h3-7H,1-2H3. The van der Waals surface area contributed by atoms with Gasteiger partial charge in [-0.3, -0.25) is 0 Å². The Kier molecular flexibility index (Phi) is 2.26. The fraction of sp³-hybridized carbons (Fsp3) is 0.250. The number of rotatable bonds is 1. The van der Waals surface area contributed by atoms with Crippen LogP contribution in [0.15, 0.2) is 24.3 Å². The number of nitrogens with zero attached hydrogens (tertiary/aromatic N) is 4. The summed E-state index contributed by atoms with van der Waals surface area (Å²) < 4.78 is 1.73. The first-order chi connectivity index (χ1) is 8.18. The number of halogens is 1. The van der Waals surface area contributed by atoms with Gasteiger partial charge in [-0.05, 0) is 0 Å². The smallest absolute Gasteiger partial charge is 0.185 e. The van der Waals surface area contributed by atoms with Crippen LogP contribution in [0.5, 0.6) is 0 Å². The van der Waals surface area contributed by atoms with Crippen molar-refractivity contribution in [3.8, 4) is 0 Å². The minimum Gasteiger partial charge on any atom is -0.195 e. The topological polar surface area (TPSA) is 43.1 Å². The van der Waals surface area contributed by atoms with Crippen LogP contribution < -0.4 is 0 Å². The van der Waals surface area contributed by atoms with Crippen molar-refractivity contribution in [2.24, 2.45) is 0 Å². The van der Waals surface area contributed by atoms with E-state index in [0.717, 1.165) is 22.2 Å². The maximum absolute atomic E-state index is 6.18. The van der Waals surface area contributed by atoms with Crippen molar-refractivity contribution in [3.63, 3.8) is 0 Å². The van der Waals surface area contributed by atoms with Gasteiger partial charge in [0.05, 0.1) is 0 Å². The van der Waals surface area contributed by atoms with Crippen molar-refractivity contribution in [3.05, 3.63) is 35.2 Å². The van der Waals surface area contributed by atoms with E-state index in [1.165, 1.54) is 0 Å². The van der Waals surface area contributed by atoms with Gasteiger partial charge in [0.25, 0.3) is 0 Å². The summed E-state index contributed by atoms with van der Waals surface area (Å²) in [6.45, 7) is 4.11. The van der Waals surface area contributed by atoms with Gasteiger partial charge in [-0.25, -0.2) is 0 Å². The first-order valence-corrected chi connectivity index (χ1v) is 5.86. The molecule has 0 atom stereocenters. The van der Waals surface area contributed by atoms with Crippen LogP contribution in [0.4, 0.5) is 0 Å². The third-order valence-electron chi connectivity index (χ3n) is 2.76. The van der Waals surface area contributed by atoms with E-state index < -0.39 is 0 Å². The van der Waals surface area contributed by atoms with E-state index in [-0.39, 0.29) is 5.92 Å². The molecule has 17 heavy (non-hydrogen) atoms. The van der Waals surface area contributed by atoms with Crippen molar-refractivity contribution >= 4 is 28.0 Å². The van der Waals surface area contributed by atoms with E-state index in [2.05, 4.69) is 29.1 Å². The highest BCUT2D eigenvalue weighted by Gasteiger charge is 2.14. The van der Waals surface area contributed by atoms with Gasteiger partial charge in [-0.1, -0.05) is 49.7 Å². The minimum atomic E-state index is 0.259. The van der Waals surface area contributed by atoms with Gasteiger partial charge >= 0.3 is 0 Å². The molecule has 0 fully saturated rings. The minimum absolute atomic E-state index is 0.259. The molecule has 2 aromatic heterocycles. The maximum Gasteiger partial charge on any atom is 0.185 e. The average Bonchev–Trinajstić information content (AvgIpc) is 2.73. The predicted molar refractivity (Wildman–Crippen MR) is 67.4 cm³/mol. The molecule has 3 rings (SSSR count). The molecule has 0 spiro atoms. The monoisotopic (exact) mass is 246 g/mol. The van der Waals surface area contributed by atoms with E-state index in [0.29, 0.717) is 5.15 Å². The number of benzene rings is 1. The van der Waals surface area contributed by atoms with E-state index >= 15 is 0 Å². The normalized spacial score (nSPS) is 11.8. The number of fused-ring (bicyclic) bond motifs is 3. The molecule has 0 amide bonds. The number of hydrogen-bond donors (Lipinski definition) is 0. The second-order valence-electron chi connectivity index (χ2n) is 4.28. The Morgan fingerprint density at radius 2 is 1.82 bits per heavy atom. The molecule has 0 saturated heterocycles. The molecule has 0 unspecified atom stereocenters. The highest BCUT2D eigenvalue weighted by atomic mass is 35.5. The van der Waals surface area contributed by atoms with Crippen molar-refractivity contribution in [1.29, 1.82) is 0 Å². The number of hydrogen-bond acceptors (Lipinski definition) is 3. The summed E-state index contributed by atoms with van der Waals surface area (Å²) in [6.07, 6.45) is 0. The Morgan fingerprint density at radius 3 is 2.53 bits per heavy atom. The second kappa shape index (κ2) is 3.67. The summed E-state index contributed by atoms with van der Waals surface area (Å²) in [7, 11) is 0. The molecular weight excluding hydrogens is 236 g/mol. The highest BCUT2D eigenvalue weighted by Crippen LogP contribution is 2.25. The summed E-state index contributed by atoms with van der Waals surface area (Å²) in [5, 5.41) is 15.1. The third-order valence-corrected chi connectivity index (χ3v) is 3.04. The van der Waals surface area contributed by atoms with Crippen LogP contribution >= 0.6 is 11.6 Å². The highest BCUT2D eigenvalue weighted by molar-refractivity contribution is 6.34. The SMILES string of the molecule is CC(C)c1nnc2c3ccccc3c(Cl)nn12. The van der Waals surface area contributed by atoms with E-state index in [4.69, 9.17) is 11.6 Å². The second-order valence-corrected chi connectivity index (χ2v) is 4.64. The van der Waals surface area contributed by atoms with Crippen LogP contribution in [0.3, 0.4) is 0 Å². The summed E-state index contributed by atoms with van der Waals surface area (Å²) in [5.41, 5.74) is 0.758. The number of aromatic nitrogens is 4. The Hall–Kier alpha value is -1.68. The van der Waals surface area contributed by atoms with Crippen LogP contribution in [0.1, 0.15) is 25.6 Å². The Morgan fingerprint density at radius 1 is 1.12 bits per heavy atom. The van der Waals surface area contributed by atoms with Gasteiger partial charge < -0.3 is 0 Å². The molecule has 0 aliphatic rings. The molecule has 1 aromatic carbocycles. The lowest BCUT2D eigenvalue weighted by molar-refractivity contribution is 0.722. The predicted octanol–water partition coefficient (Wildman–Crippen LogP) is 3.05. The Bertz CT molecular complexity index is 702. The average molecular weight is 247 g/mol. The van der Waals surface area contributed by atoms with E-state index in [1.54, 1.807) is 4.52 Å². The lowest BCUT2D eigenvalue weighted by Crippen LogP contribution is -2.01. The molecule has 5 heteroatoms. The van der Waals surface area contributed by atoms with Gasteiger partial charge in [0.2, 0.25) is 0 Å². The largest absolute Gasteiger partial charge is 0.195 e. The lowest BCUT2D eigenvalue weighted by atomic mass is 10.2. The molecule has 3 aromatic rings.